The number of hydrogen-bond donors (Lipinski definition) is 0. The number of benzene rings is 2. The Bertz CT molecular complexity index is 845. The molecule has 1 aromatic heterocycles. The smallest absolute Gasteiger partial charge is 0.310 e. The van der Waals surface area contributed by atoms with Crippen molar-refractivity contribution in [1.29, 1.82) is 0 Å². The normalized spacial score (nSPS) is 10.6. The first-order valence-electron chi connectivity index (χ1n) is 7.22. The molecule has 0 aliphatic heterocycles. The highest BCUT2D eigenvalue weighted by Crippen LogP contribution is 2.21. The highest BCUT2D eigenvalue weighted by Gasteiger charge is 2.11. The van der Waals surface area contributed by atoms with E-state index < -0.39 is 5.97 Å². The van der Waals surface area contributed by atoms with Gasteiger partial charge in [-0.15, -0.1) is 0 Å². The molecule has 3 rings (SSSR count). The second-order valence-corrected chi connectivity index (χ2v) is 5.53. The summed E-state index contributed by atoms with van der Waals surface area (Å²) in [5.41, 5.74) is 1.87. The molecule has 2 aromatic carbocycles. The standard InChI is InChI=1S/C18H13ClFNO3/c19-16-4-2-1-3-13(16)9-18(22)23-11-15-10-17(24-21-15)12-5-7-14(20)8-6-12/h1-8,10H,9,11H2. The highest BCUT2D eigenvalue weighted by molar-refractivity contribution is 6.31. The van der Waals surface area contributed by atoms with Crippen molar-refractivity contribution in [2.75, 3.05) is 0 Å². The maximum absolute atomic E-state index is 12.9. The lowest BCUT2D eigenvalue weighted by molar-refractivity contribution is -0.144. The fourth-order valence-corrected chi connectivity index (χ4v) is 2.34. The molecule has 0 spiro atoms. The molecule has 24 heavy (non-hydrogen) atoms. The molecule has 0 bridgehead atoms. The van der Waals surface area contributed by atoms with Crippen molar-refractivity contribution in [2.45, 2.75) is 13.0 Å². The van der Waals surface area contributed by atoms with Crippen LogP contribution in [-0.4, -0.2) is 11.1 Å². The molecule has 4 nitrogen and oxygen atoms in total. The number of ether oxygens (including phenoxy) is 1. The van der Waals surface area contributed by atoms with Gasteiger partial charge in [-0.05, 0) is 35.9 Å². The first kappa shape index (κ1) is 16.2. The minimum atomic E-state index is -0.408. The van der Waals surface area contributed by atoms with Gasteiger partial charge in [0.15, 0.2) is 5.76 Å². The quantitative estimate of drug-likeness (QED) is 0.642. The number of halogens is 2. The second-order valence-electron chi connectivity index (χ2n) is 5.12. The fourth-order valence-electron chi connectivity index (χ4n) is 2.13. The van der Waals surface area contributed by atoms with Gasteiger partial charge in [-0.3, -0.25) is 4.79 Å². The van der Waals surface area contributed by atoms with Crippen LogP contribution in [0.3, 0.4) is 0 Å². The molecule has 0 saturated heterocycles. The Kier molecular flexibility index (Phi) is 4.91. The molecule has 3 aromatic rings. The number of esters is 1. The van der Waals surface area contributed by atoms with Crippen molar-refractivity contribution in [3.05, 3.63) is 76.7 Å². The van der Waals surface area contributed by atoms with Gasteiger partial charge in [0.1, 0.15) is 18.1 Å². The molecule has 0 amide bonds. The predicted octanol–water partition coefficient (Wildman–Crippen LogP) is 4.42. The largest absolute Gasteiger partial charge is 0.459 e. The van der Waals surface area contributed by atoms with E-state index in [0.29, 0.717) is 27.6 Å². The van der Waals surface area contributed by atoms with E-state index in [9.17, 15) is 9.18 Å². The Balaban J connectivity index is 1.58. The monoisotopic (exact) mass is 345 g/mol. The summed E-state index contributed by atoms with van der Waals surface area (Å²) < 4.78 is 23.3. The molecule has 0 aliphatic carbocycles. The number of aromatic nitrogens is 1. The van der Waals surface area contributed by atoms with Gasteiger partial charge in [0, 0.05) is 16.7 Å². The summed E-state index contributed by atoms with van der Waals surface area (Å²) in [6.45, 7) is -0.00597. The number of hydrogen-bond acceptors (Lipinski definition) is 4. The number of nitrogens with zero attached hydrogens (tertiary/aromatic N) is 1. The van der Waals surface area contributed by atoms with Crippen LogP contribution < -0.4 is 0 Å². The Morgan fingerprint density at radius 2 is 1.92 bits per heavy atom. The molecule has 0 saturated carbocycles. The van der Waals surface area contributed by atoms with Crippen LogP contribution in [0.4, 0.5) is 4.39 Å². The van der Waals surface area contributed by atoms with Gasteiger partial charge in [-0.1, -0.05) is 35.0 Å². The zero-order chi connectivity index (χ0) is 16.9. The van der Waals surface area contributed by atoms with Crippen molar-refractivity contribution < 1.29 is 18.4 Å². The van der Waals surface area contributed by atoms with Crippen molar-refractivity contribution >= 4 is 17.6 Å². The van der Waals surface area contributed by atoms with Crippen molar-refractivity contribution in [3.63, 3.8) is 0 Å². The summed E-state index contributed by atoms with van der Waals surface area (Å²) in [7, 11) is 0. The maximum Gasteiger partial charge on any atom is 0.310 e. The first-order valence-corrected chi connectivity index (χ1v) is 7.60. The van der Waals surface area contributed by atoms with E-state index >= 15 is 0 Å². The van der Waals surface area contributed by atoms with Crippen LogP contribution in [-0.2, 0) is 22.6 Å². The molecule has 0 atom stereocenters. The van der Waals surface area contributed by atoms with E-state index in [-0.39, 0.29) is 18.8 Å². The zero-order valence-electron chi connectivity index (χ0n) is 12.5. The van der Waals surface area contributed by atoms with Gasteiger partial charge in [-0.2, -0.15) is 0 Å². The lowest BCUT2D eigenvalue weighted by Crippen LogP contribution is -2.08. The third-order valence-electron chi connectivity index (χ3n) is 3.36. The van der Waals surface area contributed by atoms with Crippen LogP contribution in [0, 0.1) is 5.82 Å². The van der Waals surface area contributed by atoms with Gasteiger partial charge in [0.2, 0.25) is 0 Å². The SMILES string of the molecule is O=C(Cc1ccccc1Cl)OCc1cc(-c2ccc(F)cc2)on1. The third-order valence-corrected chi connectivity index (χ3v) is 3.73. The molecule has 0 radical (unpaired) electrons. The average molecular weight is 346 g/mol. The topological polar surface area (TPSA) is 52.3 Å². The van der Waals surface area contributed by atoms with Crippen molar-refractivity contribution in [2.24, 2.45) is 0 Å². The number of carbonyl (C=O) groups excluding carboxylic acids is 1. The molecule has 0 unspecified atom stereocenters. The number of rotatable bonds is 5. The summed E-state index contributed by atoms with van der Waals surface area (Å²) in [6.07, 6.45) is 0.0857. The molecule has 122 valence electrons. The molecular weight excluding hydrogens is 333 g/mol. The molecule has 0 N–H and O–H groups in total. The lowest BCUT2D eigenvalue weighted by atomic mass is 10.1. The van der Waals surface area contributed by atoms with Crippen LogP contribution in [0.1, 0.15) is 11.3 Å². The predicted molar refractivity (Wildman–Crippen MR) is 86.8 cm³/mol. The third kappa shape index (κ3) is 4.00. The summed E-state index contributed by atoms with van der Waals surface area (Å²) >= 11 is 6.01. The Morgan fingerprint density at radius 1 is 1.17 bits per heavy atom. The van der Waals surface area contributed by atoms with Gasteiger partial charge in [0.05, 0.1) is 6.42 Å². The van der Waals surface area contributed by atoms with Gasteiger partial charge >= 0.3 is 5.97 Å². The second kappa shape index (κ2) is 7.27. The van der Waals surface area contributed by atoms with E-state index in [1.54, 1.807) is 42.5 Å². The number of carbonyl (C=O) groups is 1. The summed E-state index contributed by atoms with van der Waals surface area (Å²) in [5.74, 6) is -0.256. The van der Waals surface area contributed by atoms with Crippen LogP contribution in [0.2, 0.25) is 5.02 Å². The van der Waals surface area contributed by atoms with Gasteiger partial charge in [0.25, 0.3) is 0 Å². The van der Waals surface area contributed by atoms with Crippen LogP contribution in [0.25, 0.3) is 11.3 Å². The highest BCUT2D eigenvalue weighted by atomic mass is 35.5. The fraction of sp³-hybridized carbons (Fsp3) is 0.111. The van der Waals surface area contributed by atoms with Crippen molar-refractivity contribution in [1.82, 2.24) is 5.16 Å². The zero-order valence-corrected chi connectivity index (χ0v) is 13.3. The van der Waals surface area contributed by atoms with E-state index in [1.807, 2.05) is 0 Å². The minimum Gasteiger partial charge on any atom is -0.459 e. The van der Waals surface area contributed by atoms with E-state index in [2.05, 4.69) is 5.16 Å². The molecule has 0 fully saturated rings. The molecule has 0 aliphatic rings. The average Bonchev–Trinajstić information content (AvgIpc) is 3.05. The Labute approximate surface area is 142 Å². The summed E-state index contributed by atoms with van der Waals surface area (Å²) in [5, 5.41) is 4.36. The van der Waals surface area contributed by atoms with Crippen molar-refractivity contribution in [3.8, 4) is 11.3 Å². The van der Waals surface area contributed by atoms with Crippen LogP contribution in [0.5, 0.6) is 0 Å². The first-order chi connectivity index (χ1) is 11.6. The minimum absolute atomic E-state index is 0.00597. The maximum atomic E-state index is 12.9. The summed E-state index contributed by atoms with van der Waals surface area (Å²) in [6, 6.07) is 14.6. The molecular formula is C18H13ClFNO3. The van der Waals surface area contributed by atoms with E-state index in [1.165, 1.54) is 12.1 Å². The summed E-state index contributed by atoms with van der Waals surface area (Å²) in [4.78, 5) is 11.9. The van der Waals surface area contributed by atoms with E-state index in [4.69, 9.17) is 20.9 Å². The Morgan fingerprint density at radius 3 is 2.67 bits per heavy atom. The lowest BCUT2D eigenvalue weighted by Gasteiger charge is -2.04. The van der Waals surface area contributed by atoms with Gasteiger partial charge < -0.3 is 9.26 Å². The van der Waals surface area contributed by atoms with Crippen LogP contribution in [0.15, 0.2) is 59.1 Å². The van der Waals surface area contributed by atoms with Gasteiger partial charge in [-0.25, -0.2) is 4.39 Å². The molecule has 1 heterocycles. The van der Waals surface area contributed by atoms with E-state index in [0.717, 1.165) is 0 Å². The molecule has 6 heteroatoms. The van der Waals surface area contributed by atoms with Crippen LogP contribution >= 0.6 is 11.6 Å². The Hall–Kier alpha value is -2.66.